The number of fused-ring (bicyclic) bond motifs is 1. The van der Waals surface area contributed by atoms with Gasteiger partial charge in [-0.2, -0.15) is 5.10 Å². The van der Waals surface area contributed by atoms with E-state index in [1.165, 1.54) is 32.1 Å². The van der Waals surface area contributed by atoms with Crippen molar-refractivity contribution in [2.24, 2.45) is 5.92 Å². The van der Waals surface area contributed by atoms with Crippen LogP contribution in [0.25, 0.3) is 11.0 Å². The zero-order chi connectivity index (χ0) is 14.1. The van der Waals surface area contributed by atoms with Gasteiger partial charge in [-0.25, -0.2) is 4.98 Å². The van der Waals surface area contributed by atoms with Crippen molar-refractivity contribution in [2.45, 2.75) is 58.3 Å². The molecule has 108 valence electrons. The molecular formula is C15H22N4O. The normalized spacial score (nSPS) is 17.1. The van der Waals surface area contributed by atoms with E-state index in [0.717, 1.165) is 23.5 Å². The first-order chi connectivity index (χ1) is 9.65. The summed E-state index contributed by atoms with van der Waals surface area (Å²) in [4.78, 5) is 19.7. The fourth-order valence-electron chi connectivity index (χ4n) is 3.14. The van der Waals surface area contributed by atoms with Crippen LogP contribution in [-0.2, 0) is 6.42 Å². The van der Waals surface area contributed by atoms with Gasteiger partial charge in [0.05, 0.1) is 5.69 Å². The highest BCUT2D eigenvalue weighted by atomic mass is 16.1. The number of aromatic nitrogens is 4. The second kappa shape index (κ2) is 5.38. The number of nitrogens with zero attached hydrogens (tertiary/aromatic N) is 2. The molecule has 1 aliphatic rings. The lowest BCUT2D eigenvalue weighted by Gasteiger charge is -2.20. The average molecular weight is 274 g/mol. The summed E-state index contributed by atoms with van der Waals surface area (Å²) in [5.74, 6) is 1.75. The molecule has 0 amide bonds. The predicted molar refractivity (Wildman–Crippen MR) is 78.9 cm³/mol. The van der Waals surface area contributed by atoms with E-state index in [0.29, 0.717) is 11.4 Å². The van der Waals surface area contributed by atoms with Crippen LogP contribution < -0.4 is 5.56 Å². The lowest BCUT2D eigenvalue weighted by Crippen LogP contribution is -2.17. The Morgan fingerprint density at radius 2 is 2.00 bits per heavy atom. The van der Waals surface area contributed by atoms with E-state index >= 15 is 0 Å². The Labute approximate surface area is 118 Å². The zero-order valence-corrected chi connectivity index (χ0v) is 12.2. The van der Waals surface area contributed by atoms with Crippen LogP contribution in [0.5, 0.6) is 0 Å². The Morgan fingerprint density at radius 1 is 1.25 bits per heavy atom. The molecule has 2 aromatic rings. The highest BCUT2D eigenvalue weighted by Crippen LogP contribution is 2.26. The van der Waals surface area contributed by atoms with Crippen LogP contribution in [0.4, 0.5) is 0 Å². The van der Waals surface area contributed by atoms with Gasteiger partial charge in [-0.15, -0.1) is 0 Å². The smallest absolute Gasteiger partial charge is 0.276 e. The van der Waals surface area contributed by atoms with Gasteiger partial charge in [-0.3, -0.25) is 9.89 Å². The number of H-pyrrole nitrogens is 2. The van der Waals surface area contributed by atoms with Gasteiger partial charge in [-0.05, 0) is 11.8 Å². The maximum absolute atomic E-state index is 12.1. The molecule has 0 saturated heterocycles. The number of nitrogens with one attached hydrogen (secondary N) is 2. The van der Waals surface area contributed by atoms with Crippen molar-refractivity contribution < 1.29 is 0 Å². The molecule has 2 heterocycles. The largest absolute Gasteiger partial charge is 0.309 e. The summed E-state index contributed by atoms with van der Waals surface area (Å²) < 4.78 is 0. The van der Waals surface area contributed by atoms with Crippen molar-refractivity contribution in [2.75, 3.05) is 0 Å². The molecule has 5 heteroatoms. The fraction of sp³-hybridized carbons (Fsp3) is 0.667. The van der Waals surface area contributed by atoms with Gasteiger partial charge in [0.2, 0.25) is 0 Å². The molecule has 2 N–H and O–H groups in total. The topological polar surface area (TPSA) is 74.4 Å². The summed E-state index contributed by atoms with van der Waals surface area (Å²) in [6, 6.07) is 0. The molecule has 0 aromatic carbocycles. The molecule has 2 aromatic heterocycles. The third-order valence-electron chi connectivity index (χ3n) is 4.25. The maximum atomic E-state index is 12.1. The quantitative estimate of drug-likeness (QED) is 0.903. The average Bonchev–Trinajstić information content (AvgIpc) is 2.84. The number of rotatable bonds is 3. The van der Waals surface area contributed by atoms with Crippen LogP contribution in [-0.4, -0.2) is 20.2 Å². The minimum atomic E-state index is -0.0970. The molecule has 20 heavy (non-hydrogen) atoms. The standard InChI is InChI=1S/C15H22N4O/c1-9(2)12-13-14(19-18-12)15(20)17-11(16-13)8-10-6-4-3-5-7-10/h9-10H,3-8H2,1-2H3,(H,18,19)(H,16,17,20). The fourth-order valence-corrected chi connectivity index (χ4v) is 3.14. The molecule has 0 aliphatic heterocycles. The van der Waals surface area contributed by atoms with Gasteiger partial charge in [0, 0.05) is 6.42 Å². The summed E-state index contributed by atoms with van der Waals surface area (Å²) in [6.45, 7) is 4.14. The summed E-state index contributed by atoms with van der Waals surface area (Å²) in [5.41, 5.74) is 2.03. The lowest BCUT2D eigenvalue weighted by molar-refractivity contribution is 0.351. The highest BCUT2D eigenvalue weighted by Gasteiger charge is 2.18. The molecule has 0 atom stereocenters. The van der Waals surface area contributed by atoms with Gasteiger partial charge in [-0.1, -0.05) is 46.0 Å². The van der Waals surface area contributed by atoms with E-state index in [-0.39, 0.29) is 11.5 Å². The molecule has 1 aliphatic carbocycles. The first-order valence-electron chi connectivity index (χ1n) is 7.62. The van der Waals surface area contributed by atoms with Crippen LogP contribution >= 0.6 is 0 Å². The molecule has 0 radical (unpaired) electrons. The van der Waals surface area contributed by atoms with Gasteiger partial charge >= 0.3 is 0 Å². The third kappa shape index (κ3) is 2.49. The third-order valence-corrected chi connectivity index (χ3v) is 4.25. The summed E-state index contributed by atoms with van der Waals surface area (Å²) in [5, 5.41) is 7.05. The first kappa shape index (κ1) is 13.3. The van der Waals surface area contributed by atoms with Crippen molar-refractivity contribution in [1.29, 1.82) is 0 Å². The lowest BCUT2D eigenvalue weighted by atomic mass is 9.87. The maximum Gasteiger partial charge on any atom is 0.276 e. The van der Waals surface area contributed by atoms with Crippen LogP contribution in [0.3, 0.4) is 0 Å². The monoisotopic (exact) mass is 274 g/mol. The number of hydrogen-bond donors (Lipinski definition) is 2. The molecule has 5 nitrogen and oxygen atoms in total. The van der Waals surface area contributed by atoms with Crippen LogP contribution in [0.1, 0.15) is 63.4 Å². The molecule has 3 rings (SSSR count). The number of hydrogen-bond acceptors (Lipinski definition) is 3. The molecular weight excluding hydrogens is 252 g/mol. The van der Waals surface area contributed by atoms with Crippen LogP contribution in [0.15, 0.2) is 4.79 Å². The first-order valence-corrected chi connectivity index (χ1v) is 7.62. The highest BCUT2D eigenvalue weighted by molar-refractivity contribution is 5.76. The minimum Gasteiger partial charge on any atom is -0.309 e. The molecule has 1 fully saturated rings. The van der Waals surface area contributed by atoms with Crippen molar-refractivity contribution in [3.05, 3.63) is 21.9 Å². The van der Waals surface area contributed by atoms with Crippen LogP contribution in [0.2, 0.25) is 0 Å². The molecule has 0 unspecified atom stereocenters. The molecule has 0 spiro atoms. The Hall–Kier alpha value is -1.65. The van der Waals surface area contributed by atoms with E-state index in [9.17, 15) is 4.79 Å². The minimum absolute atomic E-state index is 0.0970. The SMILES string of the molecule is CC(C)c1n[nH]c2c(=O)[nH]c(CC3CCCCC3)nc12. The van der Waals surface area contributed by atoms with Crippen molar-refractivity contribution >= 4 is 11.0 Å². The van der Waals surface area contributed by atoms with Crippen molar-refractivity contribution in [1.82, 2.24) is 20.2 Å². The van der Waals surface area contributed by atoms with E-state index in [1.807, 2.05) is 0 Å². The Morgan fingerprint density at radius 3 is 2.70 bits per heavy atom. The van der Waals surface area contributed by atoms with Crippen molar-refractivity contribution in [3.63, 3.8) is 0 Å². The van der Waals surface area contributed by atoms with E-state index in [1.54, 1.807) is 0 Å². The Kier molecular flexibility index (Phi) is 3.59. The predicted octanol–water partition coefficient (Wildman–Crippen LogP) is 2.89. The second-order valence-corrected chi connectivity index (χ2v) is 6.21. The van der Waals surface area contributed by atoms with E-state index < -0.39 is 0 Å². The van der Waals surface area contributed by atoms with Gasteiger partial charge in [0.1, 0.15) is 16.9 Å². The van der Waals surface area contributed by atoms with Gasteiger partial charge < -0.3 is 4.98 Å². The Balaban J connectivity index is 1.95. The van der Waals surface area contributed by atoms with Crippen LogP contribution in [0, 0.1) is 5.92 Å². The number of aromatic amines is 2. The molecule has 1 saturated carbocycles. The van der Waals surface area contributed by atoms with Gasteiger partial charge in [0.15, 0.2) is 0 Å². The van der Waals surface area contributed by atoms with E-state index in [2.05, 4.69) is 34.0 Å². The van der Waals surface area contributed by atoms with Crippen molar-refractivity contribution in [3.8, 4) is 0 Å². The summed E-state index contributed by atoms with van der Waals surface area (Å²) >= 11 is 0. The Bertz CT molecular complexity index is 649. The molecule has 0 bridgehead atoms. The van der Waals surface area contributed by atoms with Gasteiger partial charge in [0.25, 0.3) is 5.56 Å². The zero-order valence-electron chi connectivity index (χ0n) is 12.2. The summed E-state index contributed by atoms with van der Waals surface area (Å²) in [7, 11) is 0. The van der Waals surface area contributed by atoms with E-state index in [4.69, 9.17) is 0 Å². The second-order valence-electron chi connectivity index (χ2n) is 6.21. The summed E-state index contributed by atoms with van der Waals surface area (Å²) in [6.07, 6.45) is 7.35.